The third kappa shape index (κ3) is 4.38. The molecular weight excluding hydrogens is 369 g/mol. The van der Waals surface area contributed by atoms with E-state index in [-0.39, 0.29) is 12.0 Å². The number of fused-ring (bicyclic) bond motifs is 1. The number of hydrazine groups is 1. The predicted molar refractivity (Wildman–Crippen MR) is 114 cm³/mol. The van der Waals surface area contributed by atoms with Gasteiger partial charge in [-0.1, -0.05) is 12.6 Å². The van der Waals surface area contributed by atoms with E-state index in [0.29, 0.717) is 29.6 Å². The number of alkyl halides is 1. The van der Waals surface area contributed by atoms with Crippen molar-refractivity contribution < 1.29 is 4.39 Å². The highest BCUT2D eigenvalue weighted by atomic mass is 19.1. The van der Waals surface area contributed by atoms with Crippen molar-refractivity contribution in [3.8, 4) is 0 Å². The van der Waals surface area contributed by atoms with Crippen molar-refractivity contribution in [3.63, 3.8) is 0 Å². The molecule has 8 heteroatoms. The monoisotopic (exact) mass is 393 g/mol. The number of H-pyrrole nitrogens is 1. The van der Waals surface area contributed by atoms with Gasteiger partial charge in [0, 0.05) is 35.2 Å². The summed E-state index contributed by atoms with van der Waals surface area (Å²) in [5, 5.41) is 7.57. The number of aromatic amines is 1. The SMILES string of the molecule is C=C(/C=C(\NN)[C@@H]1C[C@@H]1F)Nc1ccnc(N[C@@H](C)c2ccc3[nH]ccc3c2)n1. The highest BCUT2D eigenvalue weighted by Gasteiger charge is 2.40. The number of benzene rings is 1. The van der Waals surface area contributed by atoms with E-state index < -0.39 is 6.17 Å². The average Bonchev–Trinajstić information content (AvgIpc) is 3.24. The van der Waals surface area contributed by atoms with E-state index in [4.69, 9.17) is 5.84 Å². The molecule has 29 heavy (non-hydrogen) atoms. The van der Waals surface area contributed by atoms with Gasteiger partial charge in [-0.3, -0.25) is 5.84 Å². The van der Waals surface area contributed by atoms with Crippen LogP contribution in [0.5, 0.6) is 0 Å². The molecule has 0 bridgehead atoms. The first-order chi connectivity index (χ1) is 14.0. The van der Waals surface area contributed by atoms with Gasteiger partial charge >= 0.3 is 0 Å². The Kier molecular flexibility index (Phi) is 5.18. The molecule has 4 rings (SSSR count). The minimum Gasteiger partial charge on any atom is -0.361 e. The zero-order valence-electron chi connectivity index (χ0n) is 16.1. The zero-order chi connectivity index (χ0) is 20.4. The van der Waals surface area contributed by atoms with Crippen molar-refractivity contribution in [2.24, 2.45) is 11.8 Å². The van der Waals surface area contributed by atoms with Crippen LogP contribution in [0.15, 0.2) is 66.8 Å². The number of rotatable bonds is 8. The minimum atomic E-state index is -0.841. The van der Waals surface area contributed by atoms with Crippen LogP contribution in [0.3, 0.4) is 0 Å². The van der Waals surface area contributed by atoms with E-state index in [9.17, 15) is 4.39 Å². The molecule has 7 nitrogen and oxygen atoms in total. The second-order valence-electron chi connectivity index (χ2n) is 7.21. The maximum Gasteiger partial charge on any atom is 0.225 e. The van der Waals surface area contributed by atoms with Gasteiger partial charge in [-0.25, -0.2) is 9.37 Å². The van der Waals surface area contributed by atoms with E-state index in [0.717, 1.165) is 16.5 Å². The van der Waals surface area contributed by atoms with Crippen LogP contribution >= 0.6 is 0 Å². The largest absolute Gasteiger partial charge is 0.361 e. The molecule has 6 N–H and O–H groups in total. The summed E-state index contributed by atoms with van der Waals surface area (Å²) >= 11 is 0. The van der Waals surface area contributed by atoms with Crippen molar-refractivity contribution in [3.05, 3.63) is 72.3 Å². The van der Waals surface area contributed by atoms with Gasteiger partial charge in [-0.15, -0.1) is 0 Å². The highest BCUT2D eigenvalue weighted by molar-refractivity contribution is 5.80. The van der Waals surface area contributed by atoms with Crippen molar-refractivity contribution in [2.75, 3.05) is 10.6 Å². The Morgan fingerprint density at radius 1 is 1.38 bits per heavy atom. The predicted octanol–water partition coefficient (Wildman–Crippen LogP) is 3.76. The Morgan fingerprint density at radius 2 is 2.21 bits per heavy atom. The van der Waals surface area contributed by atoms with Gasteiger partial charge in [-0.05, 0) is 54.6 Å². The second-order valence-corrected chi connectivity index (χ2v) is 7.21. The number of nitrogens with zero attached hydrogens (tertiary/aromatic N) is 2. The molecule has 0 spiro atoms. The number of hydrogen-bond donors (Lipinski definition) is 5. The topological polar surface area (TPSA) is 104 Å². The van der Waals surface area contributed by atoms with E-state index in [1.165, 1.54) is 0 Å². The van der Waals surface area contributed by atoms with Gasteiger partial charge in [0.2, 0.25) is 5.95 Å². The molecule has 2 heterocycles. The molecule has 3 aromatic rings. The van der Waals surface area contributed by atoms with Gasteiger partial charge in [0.25, 0.3) is 0 Å². The average molecular weight is 393 g/mol. The smallest absolute Gasteiger partial charge is 0.225 e. The van der Waals surface area contributed by atoms with Crippen LogP contribution in [0.1, 0.15) is 24.9 Å². The quantitative estimate of drug-likeness (QED) is 0.227. The zero-order valence-corrected chi connectivity index (χ0v) is 16.1. The lowest BCUT2D eigenvalue weighted by molar-refractivity contribution is 0.454. The molecule has 2 aromatic heterocycles. The maximum absolute atomic E-state index is 13.3. The van der Waals surface area contributed by atoms with Gasteiger partial charge in [0.05, 0.1) is 6.04 Å². The number of nitrogens with one attached hydrogen (secondary N) is 4. The molecule has 0 unspecified atom stereocenters. The van der Waals surface area contributed by atoms with Crippen molar-refractivity contribution in [2.45, 2.75) is 25.6 Å². The Hall–Kier alpha value is -3.39. The third-order valence-corrected chi connectivity index (χ3v) is 4.98. The lowest BCUT2D eigenvalue weighted by Crippen LogP contribution is -2.23. The van der Waals surface area contributed by atoms with E-state index in [1.54, 1.807) is 18.3 Å². The molecule has 1 fully saturated rings. The fourth-order valence-corrected chi connectivity index (χ4v) is 3.25. The fourth-order valence-electron chi connectivity index (χ4n) is 3.25. The maximum atomic E-state index is 13.3. The first-order valence-corrected chi connectivity index (χ1v) is 9.48. The molecule has 1 aromatic carbocycles. The summed E-state index contributed by atoms with van der Waals surface area (Å²) in [5.41, 5.74) is 5.97. The van der Waals surface area contributed by atoms with E-state index >= 15 is 0 Å². The Bertz CT molecular complexity index is 1060. The first-order valence-electron chi connectivity index (χ1n) is 9.48. The summed E-state index contributed by atoms with van der Waals surface area (Å²) in [7, 11) is 0. The van der Waals surface area contributed by atoms with Crippen molar-refractivity contribution >= 4 is 22.7 Å². The molecule has 1 aliphatic carbocycles. The third-order valence-electron chi connectivity index (χ3n) is 4.98. The van der Waals surface area contributed by atoms with Gasteiger partial charge in [-0.2, -0.15) is 4.98 Å². The Labute approximate surface area is 168 Å². The lowest BCUT2D eigenvalue weighted by Gasteiger charge is -2.15. The molecule has 0 radical (unpaired) electrons. The number of nitrogens with two attached hydrogens (primary N) is 1. The van der Waals surface area contributed by atoms with Crippen LogP contribution in [-0.2, 0) is 0 Å². The van der Waals surface area contributed by atoms with Gasteiger partial charge in [0.1, 0.15) is 12.0 Å². The van der Waals surface area contributed by atoms with E-state index in [2.05, 4.69) is 62.7 Å². The summed E-state index contributed by atoms with van der Waals surface area (Å²) in [6.45, 7) is 6.00. The van der Waals surface area contributed by atoms with Crippen LogP contribution in [0, 0.1) is 5.92 Å². The van der Waals surface area contributed by atoms with Crippen molar-refractivity contribution in [1.29, 1.82) is 0 Å². The van der Waals surface area contributed by atoms with Gasteiger partial charge < -0.3 is 21.0 Å². The van der Waals surface area contributed by atoms with Crippen LogP contribution in [0.25, 0.3) is 10.9 Å². The Balaban J connectivity index is 1.42. The van der Waals surface area contributed by atoms with Gasteiger partial charge in [0.15, 0.2) is 0 Å². The molecule has 1 aliphatic rings. The Morgan fingerprint density at radius 3 is 2.97 bits per heavy atom. The number of hydrogen-bond acceptors (Lipinski definition) is 6. The molecule has 0 amide bonds. The summed E-state index contributed by atoms with van der Waals surface area (Å²) in [5.74, 6) is 6.39. The van der Waals surface area contributed by atoms with Crippen LogP contribution in [0.2, 0.25) is 0 Å². The molecule has 0 saturated heterocycles. The number of allylic oxidation sites excluding steroid dienone is 2. The molecule has 3 atom stereocenters. The molecular formula is C21H24FN7. The number of halogens is 1. The minimum absolute atomic E-state index is 0.0250. The fraction of sp³-hybridized carbons (Fsp3) is 0.238. The standard InChI is InChI=1S/C21H24FN7/c1-12(9-19(29-23)16-11-17(16)22)26-20-6-8-25-21(28-20)27-13(2)14-3-4-18-15(10-14)5-7-24-18/h3-10,13,16-17,24,29H,1,11,23H2,2H3,(H2,25,26,27,28)/b19-9-/t13-,16+,17-/m0/s1. The van der Waals surface area contributed by atoms with Crippen LogP contribution < -0.4 is 21.9 Å². The van der Waals surface area contributed by atoms with Crippen LogP contribution in [0.4, 0.5) is 16.2 Å². The highest BCUT2D eigenvalue weighted by Crippen LogP contribution is 2.38. The summed E-state index contributed by atoms with van der Waals surface area (Å²) in [6, 6.07) is 10.1. The summed E-state index contributed by atoms with van der Waals surface area (Å²) < 4.78 is 13.3. The number of aromatic nitrogens is 3. The first kappa shape index (κ1) is 18.9. The number of anilines is 2. The van der Waals surface area contributed by atoms with Crippen molar-refractivity contribution in [1.82, 2.24) is 20.4 Å². The molecule has 1 saturated carbocycles. The molecule has 150 valence electrons. The molecule has 0 aliphatic heterocycles. The van der Waals surface area contributed by atoms with Crippen LogP contribution in [-0.4, -0.2) is 21.1 Å². The lowest BCUT2D eigenvalue weighted by atomic mass is 10.1. The summed E-state index contributed by atoms with van der Waals surface area (Å²) in [4.78, 5) is 12.0. The second kappa shape index (κ2) is 7.92. The summed E-state index contributed by atoms with van der Waals surface area (Å²) in [6.07, 6.45) is 4.93. The van der Waals surface area contributed by atoms with E-state index in [1.807, 2.05) is 12.3 Å². The normalized spacial score (nSPS) is 19.6.